The summed E-state index contributed by atoms with van der Waals surface area (Å²) in [7, 11) is 1.72. The highest BCUT2D eigenvalue weighted by atomic mass is 32.1. The number of rotatable bonds is 7. The SMILES string of the molecule is COCCN(CC(N)=S)C(C)C1CC1. The number of hydrogen-bond donors (Lipinski definition) is 1. The second-order valence-corrected chi connectivity index (χ2v) is 4.53. The van der Waals surface area contributed by atoms with Crippen molar-refractivity contribution in [2.75, 3.05) is 26.8 Å². The molecular formula is C10H20N2OS. The van der Waals surface area contributed by atoms with Crippen molar-refractivity contribution in [2.45, 2.75) is 25.8 Å². The van der Waals surface area contributed by atoms with Gasteiger partial charge >= 0.3 is 0 Å². The summed E-state index contributed by atoms with van der Waals surface area (Å²) in [6.45, 7) is 4.65. The van der Waals surface area contributed by atoms with E-state index in [0.29, 0.717) is 11.0 Å². The lowest BCUT2D eigenvalue weighted by atomic mass is 10.2. The molecule has 14 heavy (non-hydrogen) atoms. The molecule has 1 saturated carbocycles. The molecule has 0 spiro atoms. The molecule has 1 unspecified atom stereocenters. The van der Waals surface area contributed by atoms with Crippen LogP contribution < -0.4 is 5.73 Å². The van der Waals surface area contributed by atoms with Crippen molar-refractivity contribution in [3.8, 4) is 0 Å². The predicted octanol–water partition coefficient (Wildman–Crippen LogP) is 1.02. The van der Waals surface area contributed by atoms with Gasteiger partial charge in [0, 0.05) is 26.2 Å². The highest BCUT2D eigenvalue weighted by Gasteiger charge is 2.31. The van der Waals surface area contributed by atoms with E-state index < -0.39 is 0 Å². The number of nitrogens with zero attached hydrogens (tertiary/aromatic N) is 1. The van der Waals surface area contributed by atoms with Crippen molar-refractivity contribution in [1.82, 2.24) is 4.90 Å². The Bertz CT molecular complexity index is 195. The van der Waals surface area contributed by atoms with Crippen LogP contribution in [0, 0.1) is 5.92 Å². The number of ether oxygens (including phenoxy) is 1. The molecule has 0 aromatic rings. The molecule has 0 aliphatic heterocycles. The number of nitrogens with two attached hydrogens (primary N) is 1. The zero-order chi connectivity index (χ0) is 10.6. The number of hydrogen-bond acceptors (Lipinski definition) is 3. The van der Waals surface area contributed by atoms with Crippen LogP contribution in [-0.2, 0) is 4.74 Å². The third kappa shape index (κ3) is 3.90. The summed E-state index contributed by atoms with van der Waals surface area (Å²) in [5.74, 6) is 0.848. The van der Waals surface area contributed by atoms with Gasteiger partial charge in [-0.3, -0.25) is 4.90 Å². The van der Waals surface area contributed by atoms with Gasteiger partial charge in [0.15, 0.2) is 0 Å². The van der Waals surface area contributed by atoms with Crippen molar-refractivity contribution in [2.24, 2.45) is 11.7 Å². The lowest BCUT2D eigenvalue weighted by Crippen LogP contribution is -2.42. The van der Waals surface area contributed by atoms with Gasteiger partial charge in [0.2, 0.25) is 0 Å². The topological polar surface area (TPSA) is 38.5 Å². The van der Waals surface area contributed by atoms with Gasteiger partial charge < -0.3 is 10.5 Å². The maximum absolute atomic E-state index is 5.57. The van der Waals surface area contributed by atoms with Gasteiger partial charge in [0.1, 0.15) is 0 Å². The molecule has 1 aliphatic rings. The standard InChI is InChI=1S/C10H20N2OS/c1-8(9-3-4-9)12(5-6-13-2)7-10(11)14/h8-9H,3-7H2,1-2H3,(H2,11,14). The van der Waals surface area contributed by atoms with E-state index in [1.54, 1.807) is 7.11 Å². The molecule has 2 N–H and O–H groups in total. The first-order valence-electron chi connectivity index (χ1n) is 5.16. The van der Waals surface area contributed by atoms with Gasteiger partial charge in [0.25, 0.3) is 0 Å². The quantitative estimate of drug-likeness (QED) is 0.645. The molecule has 0 saturated heterocycles. The minimum absolute atomic E-state index is 0.577. The molecular weight excluding hydrogens is 196 g/mol. The summed E-state index contributed by atoms with van der Waals surface area (Å²) in [6.07, 6.45) is 2.70. The third-order valence-electron chi connectivity index (χ3n) is 2.82. The molecule has 0 aromatic carbocycles. The summed E-state index contributed by atoms with van der Waals surface area (Å²) in [5, 5.41) is 0. The van der Waals surface area contributed by atoms with Crippen molar-refractivity contribution < 1.29 is 4.74 Å². The minimum atomic E-state index is 0.577. The first-order chi connectivity index (χ1) is 6.65. The Hall–Kier alpha value is -0.190. The predicted molar refractivity (Wildman–Crippen MR) is 62.4 cm³/mol. The Morgan fingerprint density at radius 3 is 2.71 bits per heavy atom. The molecule has 4 heteroatoms. The number of thiocarbonyl (C=S) groups is 1. The largest absolute Gasteiger partial charge is 0.392 e. The maximum Gasteiger partial charge on any atom is 0.0870 e. The van der Waals surface area contributed by atoms with Gasteiger partial charge in [-0.05, 0) is 25.7 Å². The highest BCUT2D eigenvalue weighted by Crippen LogP contribution is 2.34. The average Bonchev–Trinajstić information content (AvgIpc) is 2.93. The first kappa shape index (κ1) is 11.9. The van der Waals surface area contributed by atoms with Crippen LogP contribution in [0.5, 0.6) is 0 Å². The van der Waals surface area contributed by atoms with E-state index in [-0.39, 0.29) is 0 Å². The van der Waals surface area contributed by atoms with E-state index in [4.69, 9.17) is 22.7 Å². The van der Waals surface area contributed by atoms with Crippen molar-refractivity contribution in [3.63, 3.8) is 0 Å². The van der Waals surface area contributed by atoms with Crippen molar-refractivity contribution in [3.05, 3.63) is 0 Å². The Morgan fingerprint density at radius 2 is 2.29 bits per heavy atom. The fourth-order valence-electron chi connectivity index (χ4n) is 1.71. The average molecular weight is 216 g/mol. The van der Waals surface area contributed by atoms with Crippen LogP contribution in [0.3, 0.4) is 0 Å². The lowest BCUT2D eigenvalue weighted by Gasteiger charge is -2.28. The molecule has 0 bridgehead atoms. The van der Waals surface area contributed by atoms with Crippen LogP contribution in [0.25, 0.3) is 0 Å². The van der Waals surface area contributed by atoms with Gasteiger partial charge in [-0.2, -0.15) is 0 Å². The molecule has 1 aliphatic carbocycles. The Kier molecular flexibility index (Phi) is 4.78. The fourth-order valence-corrected chi connectivity index (χ4v) is 1.88. The molecule has 1 atom stereocenters. The first-order valence-corrected chi connectivity index (χ1v) is 5.57. The summed E-state index contributed by atoms with van der Waals surface area (Å²) in [4.78, 5) is 2.90. The van der Waals surface area contributed by atoms with Gasteiger partial charge in [-0.15, -0.1) is 0 Å². The normalized spacial score (nSPS) is 18.5. The second-order valence-electron chi connectivity index (χ2n) is 4.01. The molecule has 0 aromatic heterocycles. The van der Waals surface area contributed by atoms with E-state index in [9.17, 15) is 0 Å². The van der Waals surface area contributed by atoms with Gasteiger partial charge in [-0.1, -0.05) is 12.2 Å². The highest BCUT2D eigenvalue weighted by molar-refractivity contribution is 7.80. The van der Waals surface area contributed by atoms with Crippen molar-refractivity contribution in [1.29, 1.82) is 0 Å². The molecule has 1 rings (SSSR count). The van der Waals surface area contributed by atoms with E-state index >= 15 is 0 Å². The Morgan fingerprint density at radius 1 is 1.64 bits per heavy atom. The molecule has 3 nitrogen and oxygen atoms in total. The third-order valence-corrected chi connectivity index (χ3v) is 2.95. The van der Waals surface area contributed by atoms with Crippen LogP contribution in [0.15, 0.2) is 0 Å². The van der Waals surface area contributed by atoms with E-state index in [1.165, 1.54) is 12.8 Å². The Labute approximate surface area is 91.6 Å². The van der Waals surface area contributed by atoms with Crippen LogP contribution in [0.1, 0.15) is 19.8 Å². The summed E-state index contributed by atoms with van der Waals surface area (Å²) < 4.78 is 5.08. The summed E-state index contributed by atoms with van der Waals surface area (Å²) in [5.41, 5.74) is 5.57. The van der Waals surface area contributed by atoms with Crippen LogP contribution in [-0.4, -0.2) is 42.7 Å². The minimum Gasteiger partial charge on any atom is -0.392 e. The zero-order valence-electron chi connectivity index (χ0n) is 9.03. The molecule has 1 fully saturated rings. The van der Waals surface area contributed by atoms with Crippen LogP contribution >= 0.6 is 12.2 Å². The molecule has 0 heterocycles. The monoisotopic (exact) mass is 216 g/mol. The van der Waals surface area contributed by atoms with Gasteiger partial charge in [0.05, 0.1) is 11.6 Å². The van der Waals surface area contributed by atoms with Crippen LogP contribution in [0.4, 0.5) is 0 Å². The van der Waals surface area contributed by atoms with E-state index in [0.717, 1.165) is 25.6 Å². The lowest BCUT2D eigenvalue weighted by molar-refractivity contribution is 0.129. The second kappa shape index (κ2) is 5.63. The van der Waals surface area contributed by atoms with Crippen molar-refractivity contribution >= 4 is 17.2 Å². The number of methoxy groups -OCH3 is 1. The maximum atomic E-state index is 5.57. The zero-order valence-corrected chi connectivity index (χ0v) is 9.85. The van der Waals surface area contributed by atoms with Gasteiger partial charge in [-0.25, -0.2) is 0 Å². The molecule has 0 radical (unpaired) electrons. The Balaban J connectivity index is 2.37. The smallest absolute Gasteiger partial charge is 0.0870 e. The summed E-state index contributed by atoms with van der Waals surface area (Å²) >= 11 is 4.94. The van der Waals surface area contributed by atoms with E-state index in [1.807, 2.05) is 0 Å². The molecule has 0 amide bonds. The summed E-state index contributed by atoms with van der Waals surface area (Å²) in [6, 6.07) is 0.589. The fraction of sp³-hybridized carbons (Fsp3) is 0.900. The van der Waals surface area contributed by atoms with E-state index in [2.05, 4.69) is 11.8 Å². The molecule has 82 valence electrons. The van der Waals surface area contributed by atoms with Crippen LogP contribution in [0.2, 0.25) is 0 Å².